The van der Waals surface area contributed by atoms with Crippen molar-refractivity contribution in [3.63, 3.8) is 0 Å². The molecular weight excluding hydrogens is 459 g/mol. The monoisotopic (exact) mass is 498 g/mol. The van der Waals surface area contributed by atoms with Crippen molar-refractivity contribution in [1.82, 2.24) is 4.90 Å². The predicted octanol–water partition coefficient (Wildman–Crippen LogP) is 3.83. The minimum absolute atomic E-state index is 0.0280. The number of nitrogens with zero attached hydrogens (tertiary/aromatic N) is 1. The first-order valence-corrected chi connectivity index (χ1v) is 13.1. The molecule has 7 heteroatoms. The van der Waals surface area contributed by atoms with Gasteiger partial charge in [0.25, 0.3) is 0 Å². The summed E-state index contributed by atoms with van der Waals surface area (Å²) in [6.07, 6.45) is 3.99. The number of aliphatic hydroxyl groups excluding tert-OH is 1. The van der Waals surface area contributed by atoms with E-state index in [-0.39, 0.29) is 29.6 Å². The number of likely N-dealkylation sites (tertiary alicyclic amines) is 1. The van der Waals surface area contributed by atoms with Gasteiger partial charge in [-0.05, 0) is 73.8 Å². The van der Waals surface area contributed by atoms with E-state index in [1.165, 1.54) is 12.1 Å². The van der Waals surface area contributed by atoms with Crippen molar-refractivity contribution in [2.24, 2.45) is 17.6 Å². The van der Waals surface area contributed by atoms with Gasteiger partial charge in [-0.25, -0.2) is 4.39 Å². The van der Waals surface area contributed by atoms with Crippen molar-refractivity contribution >= 4 is 5.91 Å². The normalized spacial score (nSPS) is 26.1. The molecule has 36 heavy (non-hydrogen) atoms. The Hall–Kier alpha value is -2.32. The number of benzene rings is 2. The molecule has 2 aliphatic rings. The fourth-order valence-electron chi connectivity index (χ4n) is 6.02. The predicted molar refractivity (Wildman–Crippen MR) is 137 cm³/mol. The van der Waals surface area contributed by atoms with E-state index in [1.54, 1.807) is 19.2 Å². The van der Waals surface area contributed by atoms with E-state index in [9.17, 15) is 19.4 Å². The van der Waals surface area contributed by atoms with Crippen LogP contribution in [0, 0.1) is 17.7 Å². The summed E-state index contributed by atoms with van der Waals surface area (Å²) in [7, 11) is 1.67. The van der Waals surface area contributed by atoms with Crippen LogP contribution in [0.15, 0.2) is 48.5 Å². The second kappa shape index (κ2) is 11.8. The molecule has 5 unspecified atom stereocenters. The molecule has 6 nitrogen and oxygen atoms in total. The molecule has 2 aromatic rings. The summed E-state index contributed by atoms with van der Waals surface area (Å²) in [6.45, 7) is 1.73. The van der Waals surface area contributed by atoms with Crippen molar-refractivity contribution in [1.29, 1.82) is 0 Å². The molecule has 1 saturated heterocycles. The molecule has 1 aliphatic heterocycles. The van der Waals surface area contributed by atoms with Gasteiger partial charge >= 0.3 is 0 Å². The highest BCUT2D eigenvalue weighted by Gasteiger charge is 2.44. The van der Waals surface area contributed by atoms with Crippen LogP contribution in [-0.2, 0) is 15.1 Å². The molecule has 1 saturated carbocycles. The van der Waals surface area contributed by atoms with E-state index >= 15 is 0 Å². The molecule has 1 aliphatic carbocycles. The number of ether oxygens (including phenoxy) is 1. The van der Waals surface area contributed by atoms with Gasteiger partial charge in [0.1, 0.15) is 5.82 Å². The Balaban J connectivity index is 1.63. The van der Waals surface area contributed by atoms with Crippen molar-refractivity contribution < 1.29 is 24.1 Å². The second-order valence-electron chi connectivity index (χ2n) is 10.4. The number of piperidine rings is 1. The van der Waals surface area contributed by atoms with Crippen LogP contribution in [-0.4, -0.2) is 60.0 Å². The summed E-state index contributed by atoms with van der Waals surface area (Å²) >= 11 is 0. The number of hydrogen-bond donors (Lipinski definition) is 3. The van der Waals surface area contributed by atoms with E-state index < -0.39 is 11.7 Å². The van der Waals surface area contributed by atoms with Gasteiger partial charge < -0.3 is 25.6 Å². The lowest BCUT2D eigenvalue weighted by molar-refractivity contribution is -0.141. The quantitative estimate of drug-likeness (QED) is 0.457. The van der Waals surface area contributed by atoms with Crippen molar-refractivity contribution in [3.8, 4) is 11.1 Å². The molecule has 4 N–H and O–H groups in total. The zero-order chi connectivity index (χ0) is 25.7. The highest BCUT2D eigenvalue weighted by molar-refractivity contribution is 5.79. The molecule has 0 spiro atoms. The van der Waals surface area contributed by atoms with Crippen LogP contribution in [0.25, 0.3) is 11.1 Å². The fourth-order valence-corrected chi connectivity index (χ4v) is 6.02. The zero-order valence-corrected chi connectivity index (χ0v) is 21.1. The third-order valence-electron chi connectivity index (χ3n) is 8.04. The van der Waals surface area contributed by atoms with Gasteiger partial charge in [0.15, 0.2) is 0 Å². The Labute approximate surface area is 213 Å². The third kappa shape index (κ3) is 5.80. The molecule has 1 amide bonds. The number of halogens is 1. The number of aliphatic hydroxyl groups is 2. The van der Waals surface area contributed by atoms with Gasteiger partial charge in [0, 0.05) is 44.7 Å². The summed E-state index contributed by atoms with van der Waals surface area (Å²) in [5, 5.41) is 22.5. The summed E-state index contributed by atoms with van der Waals surface area (Å²) in [4.78, 5) is 15.2. The van der Waals surface area contributed by atoms with Crippen LogP contribution in [0.2, 0.25) is 0 Å². The van der Waals surface area contributed by atoms with E-state index in [1.807, 2.05) is 29.2 Å². The molecule has 5 atom stereocenters. The van der Waals surface area contributed by atoms with Crippen LogP contribution in [0.4, 0.5) is 4.39 Å². The van der Waals surface area contributed by atoms with E-state index in [2.05, 4.69) is 0 Å². The molecule has 0 aromatic heterocycles. The lowest BCUT2D eigenvalue weighted by atomic mass is 9.72. The molecule has 196 valence electrons. The Morgan fingerprint density at radius 1 is 1.17 bits per heavy atom. The smallest absolute Gasteiger partial charge is 0.225 e. The van der Waals surface area contributed by atoms with Gasteiger partial charge in [0.2, 0.25) is 5.91 Å². The van der Waals surface area contributed by atoms with Crippen LogP contribution >= 0.6 is 0 Å². The molecule has 0 bridgehead atoms. The number of methoxy groups -OCH3 is 1. The van der Waals surface area contributed by atoms with Gasteiger partial charge in [-0.15, -0.1) is 0 Å². The molecule has 0 radical (unpaired) electrons. The Bertz CT molecular complexity index is 1010. The largest absolute Gasteiger partial charge is 0.391 e. The standard InChI is InChI=1S/C29H39FN2O4/c1-36-16-5-4-14-29(35,25-9-3-2-8-24(25)20-10-12-23(30)13-11-20)22-7-6-15-32(19-22)28(34)21-17-26(31)27(33)18-21/h2-3,8-13,21-22,26-27,33,35H,4-7,14-19,31H2,1H3. The lowest BCUT2D eigenvalue weighted by Crippen LogP contribution is -2.49. The first kappa shape index (κ1) is 26.7. The maximum Gasteiger partial charge on any atom is 0.225 e. The number of carbonyl (C=O) groups excluding carboxylic acids is 1. The van der Waals surface area contributed by atoms with Crippen molar-refractivity contribution in [2.45, 2.75) is 62.7 Å². The van der Waals surface area contributed by atoms with E-state index in [4.69, 9.17) is 10.5 Å². The Morgan fingerprint density at radius 3 is 2.61 bits per heavy atom. The van der Waals surface area contributed by atoms with Crippen LogP contribution in [0.1, 0.15) is 50.5 Å². The van der Waals surface area contributed by atoms with E-state index in [0.717, 1.165) is 42.4 Å². The average Bonchev–Trinajstić information content (AvgIpc) is 3.24. The maximum absolute atomic E-state index is 13.6. The number of rotatable bonds is 9. The summed E-state index contributed by atoms with van der Waals surface area (Å²) in [6, 6.07) is 13.8. The topological polar surface area (TPSA) is 96.0 Å². The van der Waals surface area contributed by atoms with Gasteiger partial charge in [-0.1, -0.05) is 36.4 Å². The first-order valence-electron chi connectivity index (χ1n) is 13.1. The Morgan fingerprint density at radius 2 is 1.92 bits per heavy atom. The number of amides is 1. The Kier molecular flexibility index (Phi) is 8.78. The number of unbranched alkanes of at least 4 members (excludes halogenated alkanes) is 1. The lowest BCUT2D eigenvalue weighted by Gasteiger charge is -2.44. The highest BCUT2D eigenvalue weighted by Crippen LogP contribution is 2.44. The van der Waals surface area contributed by atoms with Crippen LogP contribution in [0.3, 0.4) is 0 Å². The molecule has 2 aromatic carbocycles. The third-order valence-corrected chi connectivity index (χ3v) is 8.04. The molecule has 4 rings (SSSR count). The fraction of sp³-hybridized carbons (Fsp3) is 0.552. The maximum atomic E-state index is 13.6. The zero-order valence-electron chi connectivity index (χ0n) is 21.1. The highest BCUT2D eigenvalue weighted by atomic mass is 19.1. The number of nitrogens with two attached hydrogens (primary N) is 1. The van der Waals surface area contributed by atoms with Crippen molar-refractivity contribution in [2.75, 3.05) is 26.8 Å². The number of carbonyl (C=O) groups is 1. The SMILES string of the molecule is COCCCCC(O)(c1ccccc1-c1ccc(F)cc1)C1CCCN(C(=O)C2CC(N)C(O)C2)C1. The minimum atomic E-state index is -1.16. The van der Waals surface area contributed by atoms with Crippen LogP contribution < -0.4 is 5.73 Å². The molecule has 1 heterocycles. The van der Waals surface area contributed by atoms with Gasteiger partial charge in [-0.3, -0.25) is 4.79 Å². The second-order valence-corrected chi connectivity index (χ2v) is 10.4. The summed E-state index contributed by atoms with van der Waals surface area (Å²) in [5.74, 6) is -0.695. The van der Waals surface area contributed by atoms with E-state index in [0.29, 0.717) is 39.0 Å². The first-order chi connectivity index (χ1) is 17.3. The van der Waals surface area contributed by atoms with Gasteiger partial charge in [0.05, 0.1) is 11.7 Å². The molecule has 2 fully saturated rings. The summed E-state index contributed by atoms with van der Waals surface area (Å²) in [5.41, 5.74) is 7.35. The minimum Gasteiger partial charge on any atom is -0.391 e. The summed E-state index contributed by atoms with van der Waals surface area (Å²) < 4.78 is 18.9. The van der Waals surface area contributed by atoms with Crippen LogP contribution in [0.5, 0.6) is 0 Å². The van der Waals surface area contributed by atoms with Gasteiger partial charge in [-0.2, -0.15) is 0 Å². The van der Waals surface area contributed by atoms with Crippen molar-refractivity contribution in [3.05, 3.63) is 59.9 Å². The number of hydrogen-bond acceptors (Lipinski definition) is 5. The molecular formula is C29H39FN2O4. The average molecular weight is 499 g/mol.